The minimum Gasteiger partial charge on any atom is -0.379 e. The zero-order valence-corrected chi connectivity index (χ0v) is 15.9. The van der Waals surface area contributed by atoms with Crippen molar-refractivity contribution in [1.29, 1.82) is 0 Å². The number of aromatic nitrogens is 2. The monoisotopic (exact) mass is 373 g/mol. The van der Waals surface area contributed by atoms with Crippen LogP contribution in [0.5, 0.6) is 0 Å². The van der Waals surface area contributed by atoms with E-state index in [1.54, 1.807) is 0 Å². The van der Waals surface area contributed by atoms with Gasteiger partial charge in [0.05, 0.1) is 25.8 Å². The highest BCUT2D eigenvalue weighted by Gasteiger charge is 2.18. The van der Waals surface area contributed by atoms with Crippen molar-refractivity contribution in [3.8, 4) is 11.4 Å². The van der Waals surface area contributed by atoms with Crippen molar-refractivity contribution in [2.24, 2.45) is 11.7 Å². The molecular weight excluding hydrogens is 346 g/mol. The lowest BCUT2D eigenvalue weighted by Gasteiger charge is -2.26. The average molecular weight is 373 g/mol. The topological polar surface area (TPSA) is 107 Å². The number of carbonyl (C=O) groups is 1. The molecule has 0 aliphatic carbocycles. The molecule has 0 bridgehead atoms. The van der Waals surface area contributed by atoms with Crippen LogP contribution in [0.4, 0.5) is 0 Å². The maximum Gasteiger partial charge on any atom is 0.246 e. The van der Waals surface area contributed by atoms with E-state index < -0.39 is 6.04 Å². The summed E-state index contributed by atoms with van der Waals surface area (Å²) in [4.78, 5) is 18.6. The molecule has 8 heteroatoms. The molecule has 0 saturated carbocycles. The average Bonchev–Trinajstić information content (AvgIpc) is 3.16. The van der Waals surface area contributed by atoms with Gasteiger partial charge in [0.1, 0.15) is 0 Å². The summed E-state index contributed by atoms with van der Waals surface area (Å²) in [5.74, 6) is 0.702. The van der Waals surface area contributed by atoms with Crippen molar-refractivity contribution < 1.29 is 14.1 Å². The molecule has 1 aromatic carbocycles. The number of nitrogens with zero attached hydrogens (tertiary/aromatic N) is 3. The smallest absolute Gasteiger partial charge is 0.246 e. The van der Waals surface area contributed by atoms with Crippen molar-refractivity contribution >= 4 is 5.91 Å². The molecule has 2 aromatic rings. The van der Waals surface area contributed by atoms with Gasteiger partial charge in [0.15, 0.2) is 0 Å². The van der Waals surface area contributed by atoms with Crippen molar-refractivity contribution in [3.63, 3.8) is 0 Å². The minimum absolute atomic E-state index is 0.0687. The van der Waals surface area contributed by atoms with Crippen LogP contribution >= 0.6 is 0 Å². The Kier molecular flexibility index (Phi) is 6.54. The number of hydrogen-bond acceptors (Lipinski definition) is 7. The number of amides is 1. The molecule has 146 valence electrons. The predicted octanol–water partition coefficient (Wildman–Crippen LogP) is 1.17. The maximum absolute atomic E-state index is 11.9. The van der Waals surface area contributed by atoms with Gasteiger partial charge in [-0.05, 0) is 11.5 Å². The lowest BCUT2D eigenvalue weighted by atomic mass is 10.1. The summed E-state index contributed by atoms with van der Waals surface area (Å²) >= 11 is 0. The summed E-state index contributed by atoms with van der Waals surface area (Å²) < 4.78 is 10.6. The van der Waals surface area contributed by atoms with E-state index >= 15 is 0 Å². The van der Waals surface area contributed by atoms with E-state index in [1.807, 2.05) is 26.0 Å². The zero-order valence-electron chi connectivity index (χ0n) is 15.9. The number of ether oxygens (including phenoxy) is 1. The Bertz CT molecular complexity index is 738. The molecule has 0 spiro atoms. The van der Waals surface area contributed by atoms with E-state index in [-0.39, 0.29) is 18.4 Å². The SMILES string of the molecule is CC(C)[C@H](N)C(=O)NCc1nc(-c2ccc(CN3CCOCC3)cc2)no1. The Hall–Kier alpha value is -2.29. The zero-order chi connectivity index (χ0) is 19.2. The first kappa shape index (κ1) is 19.5. The normalized spacial score (nSPS) is 16.4. The molecule has 1 atom stereocenters. The summed E-state index contributed by atoms with van der Waals surface area (Å²) in [5.41, 5.74) is 7.92. The summed E-state index contributed by atoms with van der Waals surface area (Å²) in [6.07, 6.45) is 0. The second-order valence-electron chi connectivity index (χ2n) is 7.08. The van der Waals surface area contributed by atoms with Crippen LogP contribution in [0.25, 0.3) is 11.4 Å². The van der Waals surface area contributed by atoms with Crippen LogP contribution in [0.15, 0.2) is 28.8 Å². The number of benzene rings is 1. The largest absolute Gasteiger partial charge is 0.379 e. The van der Waals surface area contributed by atoms with Gasteiger partial charge >= 0.3 is 0 Å². The molecule has 27 heavy (non-hydrogen) atoms. The lowest BCUT2D eigenvalue weighted by Crippen LogP contribution is -2.43. The van der Waals surface area contributed by atoms with Gasteiger partial charge in [-0.3, -0.25) is 9.69 Å². The fourth-order valence-corrected chi connectivity index (χ4v) is 2.80. The van der Waals surface area contributed by atoms with E-state index in [0.717, 1.165) is 38.4 Å². The van der Waals surface area contributed by atoms with E-state index in [0.29, 0.717) is 11.7 Å². The van der Waals surface area contributed by atoms with Crippen LogP contribution in [0.1, 0.15) is 25.3 Å². The van der Waals surface area contributed by atoms with E-state index in [4.69, 9.17) is 15.0 Å². The molecule has 2 heterocycles. The van der Waals surface area contributed by atoms with Crippen LogP contribution in [0, 0.1) is 5.92 Å². The molecule has 1 aliphatic rings. The van der Waals surface area contributed by atoms with E-state index in [1.165, 1.54) is 5.56 Å². The summed E-state index contributed by atoms with van der Waals surface area (Å²) in [6, 6.07) is 7.57. The standard InChI is InChI=1S/C19H27N5O3/c1-13(2)17(20)19(25)21-11-16-22-18(23-27-16)15-5-3-14(4-6-15)12-24-7-9-26-10-8-24/h3-6,13,17H,7-12,20H2,1-2H3,(H,21,25)/t17-/m0/s1. The number of nitrogens with one attached hydrogen (secondary N) is 1. The van der Waals surface area contributed by atoms with Crippen molar-refractivity contribution in [3.05, 3.63) is 35.7 Å². The number of nitrogens with two attached hydrogens (primary N) is 1. The number of rotatable bonds is 7. The first-order chi connectivity index (χ1) is 13.0. The number of carbonyl (C=O) groups excluding carboxylic acids is 1. The Morgan fingerprint density at radius 3 is 2.63 bits per heavy atom. The molecule has 3 N–H and O–H groups in total. The summed E-state index contributed by atoms with van der Waals surface area (Å²) in [6.45, 7) is 8.38. The van der Waals surface area contributed by atoms with E-state index in [2.05, 4.69) is 32.5 Å². The third kappa shape index (κ3) is 5.35. The predicted molar refractivity (Wildman–Crippen MR) is 100 cm³/mol. The first-order valence-corrected chi connectivity index (χ1v) is 9.28. The fraction of sp³-hybridized carbons (Fsp3) is 0.526. The highest BCUT2D eigenvalue weighted by molar-refractivity contribution is 5.81. The molecule has 0 radical (unpaired) electrons. The second-order valence-corrected chi connectivity index (χ2v) is 7.08. The van der Waals surface area contributed by atoms with Gasteiger partial charge in [0, 0.05) is 25.2 Å². The maximum atomic E-state index is 11.9. The van der Waals surface area contributed by atoms with Crippen LogP contribution in [0.2, 0.25) is 0 Å². The van der Waals surface area contributed by atoms with Gasteiger partial charge in [-0.1, -0.05) is 43.3 Å². The molecule has 1 aliphatic heterocycles. The van der Waals surface area contributed by atoms with E-state index in [9.17, 15) is 4.79 Å². The first-order valence-electron chi connectivity index (χ1n) is 9.28. The number of morpholine rings is 1. The van der Waals surface area contributed by atoms with Crippen LogP contribution in [-0.2, 0) is 22.6 Å². The van der Waals surface area contributed by atoms with Gasteiger partial charge in [-0.25, -0.2) is 0 Å². The van der Waals surface area contributed by atoms with Gasteiger partial charge < -0.3 is 20.3 Å². The lowest BCUT2D eigenvalue weighted by molar-refractivity contribution is -0.123. The van der Waals surface area contributed by atoms with Crippen molar-refractivity contribution in [2.45, 2.75) is 33.0 Å². The van der Waals surface area contributed by atoms with Gasteiger partial charge in [-0.2, -0.15) is 4.98 Å². The Morgan fingerprint density at radius 2 is 1.96 bits per heavy atom. The molecule has 1 fully saturated rings. The Balaban J connectivity index is 1.55. The van der Waals surface area contributed by atoms with Gasteiger partial charge in [0.25, 0.3) is 0 Å². The fourth-order valence-electron chi connectivity index (χ4n) is 2.80. The third-order valence-corrected chi connectivity index (χ3v) is 4.62. The summed E-state index contributed by atoms with van der Waals surface area (Å²) in [5, 5.41) is 6.72. The molecular formula is C19H27N5O3. The Labute approximate surface area is 159 Å². The van der Waals surface area contributed by atoms with Crippen LogP contribution in [0.3, 0.4) is 0 Å². The van der Waals surface area contributed by atoms with Gasteiger partial charge in [0.2, 0.25) is 17.6 Å². The van der Waals surface area contributed by atoms with Crippen molar-refractivity contribution in [2.75, 3.05) is 26.3 Å². The molecule has 8 nitrogen and oxygen atoms in total. The third-order valence-electron chi connectivity index (χ3n) is 4.62. The highest BCUT2D eigenvalue weighted by atomic mass is 16.5. The van der Waals surface area contributed by atoms with Crippen LogP contribution < -0.4 is 11.1 Å². The highest BCUT2D eigenvalue weighted by Crippen LogP contribution is 2.17. The second kappa shape index (κ2) is 9.07. The Morgan fingerprint density at radius 1 is 1.26 bits per heavy atom. The number of hydrogen-bond donors (Lipinski definition) is 2. The van der Waals surface area contributed by atoms with Crippen molar-refractivity contribution in [1.82, 2.24) is 20.4 Å². The van der Waals surface area contributed by atoms with Gasteiger partial charge in [-0.15, -0.1) is 0 Å². The molecule has 3 rings (SSSR count). The molecule has 1 saturated heterocycles. The quantitative estimate of drug-likeness (QED) is 0.750. The molecule has 1 aromatic heterocycles. The minimum atomic E-state index is -0.550. The van der Waals surface area contributed by atoms with Crippen LogP contribution in [-0.4, -0.2) is 53.3 Å². The molecule has 1 amide bonds. The molecule has 0 unspecified atom stereocenters. The summed E-state index contributed by atoms with van der Waals surface area (Å²) in [7, 11) is 0.